The Morgan fingerprint density at radius 1 is 0.846 bits per heavy atom. The van der Waals surface area contributed by atoms with Gasteiger partial charge in [-0.15, -0.1) is 0 Å². The van der Waals surface area contributed by atoms with Gasteiger partial charge in [-0.25, -0.2) is 0 Å². The fourth-order valence-electron chi connectivity index (χ4n) is 3.68. The molecular formula is C16H34NO9+. The van der Waals surface area contributed by atoms with E-state index in [0.29, 0.717) is 0 Å². The molecule has 0 bridgehead atoms. The standard InChI is InChI=1S/C16H33NO9/c1-17(2,3)15(4-11(21)8-18,5-12(22)9-19)16(26,7-14(24)25)6-13(23)10-20/h11-13,18-23,26H,4-10H2,1-3H3/p+1. The molecule has 0 amide bonds. The van der Waals surface area contributed by atoms with Crippen LogP contribution in [-0.2, 0) is 4.79 Å². The number of quaternary nitrogens is 1. The molecule has 0 radical (unpaired) electrons. The Morgan fingerprint density at radius 3 is 1.46 bits per heavy atom. The van der Waals surface area contributed by atoms with Crippen molar-refractivity contribution in [2.45, 2.75) is 55.1 Å². The molecule has 0 aliphatic rings. The SMILES string of the molecule is C[N+](C)(C)C(CC(O)CO)(CC(O)CO)C(O)(CC(=O)O)CC(O)CO. The Morgan fingerprint density at radius 2 is 1.19 bits per heavy atom. The van der Waals surface area contributed by atoms with Crippen LogP contribution < -0.4 is 0 Å². The summed E-state index contributed by atoms with van der Waals surface area (Å²) < 4.78 is -0.150. The molecule has 0 saturated carbocycles. The fraction of sp³-hybridized carbons (Fsp3) is 0.938. The summed E-state index contributed by atoms with van der Waals surface area (Å²) in [4.78, 5) is 11.4. The lowest BCUT2D eigenvalue weighted by Gasteiger charge is -2.56. The lowest BCUT2D eigenvalue weighted by atomic mass is 9.66. The lowest BCUT2D eigenvalue weighted by molar-refractivity contribution is -0.935. The summed E-state index contributed by atoms with van der Waals surface area (Å²) in [5.74, 6) is -1.38. The van der Waals surface area contributed by atoms with Gasteiger partial charge >= 0.3 is 5.97 Å². The van der Waals surface area contributed by atoms with Crippen LogP contribution >= 0.6 is 0 Å². The normalized spacial score (nSPS) is 20.7. The van der Waals surface area contributed by atoms with E-state index in [1.165, 1.54) is 0 Å². The second kappa shape index (κ2) is 9.90. The third-order valence-electron chi connectivity index (χ3n) is 4.95. The molecule has 0 aromatic rings. The molecule has 10 nitrogen and oxygen atoms in total. The average Bonchev–Trinajstić information content (AvgIpc) is 2.51. The third-order valence-corrected chi connectivity index (χ3v) is 4.95. The van der Waals surface area contributed by atoms with E-state index in [-0.39, 0.29) is 17.3 Å². The van der Waals surface area contributed by atoms with E-state index >= 15 is 0 Å². The second-order valence-electron chi connectivity index (χ2n) is 7.77. The van der Waals surface area contributed by atoms with Gasteiger partial charge in [-0.3, -0.25) is 4.79 Å². The molecule has 0 aromatic heterocycles. The summed E-state index contributed by atoms with van der Waals surface area (Å²) in [6.45, 7) is -2.05. The van der Waals surface area contributed by atoms with E-state index in [9.17, 15) is 40.5 Å². The Balaban J connectivity index is 6.48. The van der Waals surface area contributed by atoms with Crippen LogP contribution in [0, 0.1) is 0 Å². The molecule has 4 unspecified atom stereocenters. The number of carboxylic acids is 1. The van der Waals surface area contributed by atoms with Gasteiger partial charge in [0.05, 0.1) is 65.7 Å². The Kier molecular flexibility index (Phi) is 9.58. The maximum Gasteiger partial charge on any atom is 0.306 e. The van der Waals surface area contributed by atoms with E-state index < -0.39 is 68.1 Å². The summed E-state index contributed by atoms with van der Waals surface area (Å²) in [7, 11) is 4.81. The number of rotatable bonds is 13. The summed E-state index contributed by atoms with van der Waals surface area (Å²) in [6, 6.07) is 0. The number of carbonyl (C=O) groups is 1. The summed E-state index contributed by atoms with van der Waals surface area (Å²) in [6.07, 6.45) is -6.13. The smallest absolute Gasteiger partial charge is 0.306 e. The van der Waals surface area contributed by atoms with Gasteiger partial charge in [0.15, 0.2) is 0 Å². The number of carboxylic acid groups (broad SMARTS) is 1. The monoisotopic (exact) mass is 384 g/mol. The van der Waals surface area contributed by atoms with Crippen molar-refractivity contribution in [1.29, 1.82) is 0 Å². The largest absolute Gasteiger partial charge is 0.481 e. The minimum atomic E-state index is -2.18. The van der Waals surface area contributed by atoms with E-state index in [1.807, 2.05) is 0 Å². The zero-order chi connectivity index (χ0) is 20.8. The number of aliphatic hydroxyl groups is 7. The molecule has 0 fully saturated rings. The van der Waals surface area contributed by atoms with Crippen molar-refractivity contribution in [1.82, 2.24) is 0 Å². The van der Waals surface area contributed by atoms with E-state index in [0.717, 1.165) is 0 Å². The van der Waals surface area contributed by atoms with Gasteiger partial charge in [-0.2, -0.15) is 0 Å². The van der Waals surface area contributed by atoms with Crippen molar-refractivity contribution in [2.24, 2.45) is 0 Å². The molecule has 8 N–H and O–H groups in total. The number of nitrogens with zero attached hydrogens (tertiary/aromatic N) is 1. The van der Waals surface area contributed by atoms with Gasteiger partial charge in [-0.05, 0) is 0 Å². The second-order valence-corrected chi connectivity index (χ2v) is 7.77. The van der Waals surface area contributed by atoms with Crippen LogP contribution in [0.3, 0.4) is 0 Å². The van der Waals surface area contributed by atoms with Crippen LogP contribution in [0.25, 0.3) is 0 Å². The Bertz CT molecular complexity index is 428. The van der Waals surface area contributed by atoms with Gasteiger partial charge in [0.1, 0.15) is 11.1 Å². The van der Waals surface area contributed by atoms with Crippen molar-refractivity contribution >= 4 is 5.97 Å². The number of hydrogen-bond acceptors (Lipinski definition) is 8. The van der Waals surface area contributed by atoms with Gasteiger partial charge in [0.25, 0.3) is 0 Å². The molecule has 10 heteroatoms. The summed E-state index contributed by atoms with van der Waals surface area (Å²) in [5, 5.41) is 78.4. The number of hydrogen-bond donors (Lipinski definition) is 8. The van der Waals surface area contributed by atoms with Crippen molar-refractivity contribution in [3.8, 4) is 0 Å². The Hall–Kier alpha value is -0.850. The van der Waals surface area contributed by atoms with Crippen LogP contribution in [0.15, 0.2) is 0 Å². The summed E-state index contributed by atoms with van der Waals surface area (Å²) >= 11 is 0. The molecule has 0 heterocycles. The molecule has 0 aromatic carbocycles. The first-order valence-corrected chi connectivity index (χ1v) is 8.41. The first-order chi connectivity index (χ1) is 11.8. The van der Waals surface area contributed by atoms with Gasteiger partial charge < -0.3 is 45.3 Å². The van der Waals surface area contributed by atoms with Gasteiger partial charge in [-0.1, -0.05) is 0 Å². The lowest BCUT2D eigenvalue weighted by Crippen LogP contribution is -2.73. The van der Waals surface area contributed by atoms with E-state index in [4.69, 9.17) is 5.11 Å². The zero-order valence-corrected chi connectivity index (χ0v) is 15.6. The van der Waals surface area contributed by atoms with Crippen molar-refractivity contribution in [3.63, 3.8) is 0 Å². The third kappa shape index (κ3) is 6.10. The van der Waals surface area contributed by atoms with Gasteiger partial charge in [0, 0.05) is 19.3 Å². The highest BCUT2D eigenvalue weighted by molar-refractivity contribution is 5.68. The molecule has 0 saturated heterocycles. The topological polar surface area (TPSA) is 179 Å². The number of aliphatic carboxylic acids is 1. The molecule has 4 atom stereocenters. The van der Waals surface area contributed by atoms with Crippen molar-refractivity contribution in [3.05, 3.63) is 0 Å². The van der Waals surface area contributed by atoms with E-state index in [2.05, 4.69) is 0 Å². The predicted molar refractivity (Wildman–Crippen MR) is 91.1 cm³/mol. The van der Waals surface area contributed by atoms with E-state index in [1.54, 1.807) is 21.1 Å². The molecule has 26 heavy (non-hydrogen) atoms. The highest BCUT2D eigenvalue weighted by Crippen LogP contribution is 2.44. The first kappa shape index (κ1) is 25.1. The highest BCUT2D eigenvalue weighted by atomic mass is 16.4. The maximum atomic E-state index is 11.4. The fourth-order valence-corrected chi connectivity index (χ4v) is 3.68. The van der Waals surface area contributed by atoms with Crippen molar-refractivity contribution in [2.75, 3.05) is 41.0 Å². The molecule has 0 aliphatic heterocycles. The minimum Gasteiger partial charge on any atom is -0.481 e. The maximum absolute atomic E-state index is 11.4. The number of aliphatic hydroxyl groups excluding tert-OH is 6. The van der Waals surface area contributed by atoms with Gasteiger partial charge in [0.2, 0.25) is 0 Å². The van der Waals surface area contributed by atoms with Crippen LogP contribution in [0.2, 0.25) is 0 Å². The average molecular weight is 384 g/mol. The Labute approximate surface area is 153 Å². The minimum absolute atomic E-state index is 0.150. The quantitative estimate of drug-likeness (QED) is 0.152. The van der Waals surface area contributed by atoms with Crippen LogP contribution in [-0.4, -0.2) is 122 Å². The van der Waals surface area contributed by atoms with Crippen LogP contribution in [0.1, 0.15) is 25.7 Å². The van der Waals surface area contributed by atoms with Crippen molar-refractivity contribution < 1.29 is 50.1 Å². The molecule has 0 spiro atoms. The first-order valence-electron chi connectivity index (χ1n) is 8.41. The number of likely N-dealkylation sites (N-methyl/N-ethyl adjacent to an activating group) is 1. The molecule has 0 rings (SSSR count). The predicted octanol–water partition coefficient (Wildman–Crippen LogP) is -3.13. The molecule has 156 valence electrons. The zero-order valence-electron chi connectivity index (χ0n) is 15.6. The van der Waals surface area contributed by atoms with Crippen LogP contribution in [0.5, 0.6) is 0 Å². The highest BCUT2D eigenvalue weighted by Gasteiger charge is 2.61. The molecular weight excluding hydrogens is 350 g/mol. The summed E-state index contributed by atoms with van der Waals surface area (Å²) in [5.41, 5.74) is -3.75. The van der Waals surface area contributed by atoms with Crippen LogP contribution in [0.4, 0.5) is 0 Å². The molecule has 0 aliphatic carbocycles.